The predicted octanol–water partition coefficient (Wildman–Crippen LogP) is 3.50. The van der Waals surface area contributed by atoms with Crippen molar-refractivity contribution in [2.45, 2.75) is 55.9 Å². The van der Waals surface area contributed by atoms with Crippen LogP contribution in [0.1, 0.15) is 38.5 Å². The van der Waals surface area contributed by atoms with E-state index in [0.29, 0.717) is 30.4 Å². The predicted molar refractivity (Wildman–Crippen MR) is 144 cm³/mol. The fourth-order valence-electron chi connectivity index (χ4n) is 4.56. The van der Waals surface area contributed by atoms with E-state index in [2.05, 4.69) is 36.2 Å². The molecule has 0 aliphatic carbocycles. The van der Waals surface area contributed by atoms with Crippen molar-refractivity contribution in [3.63, 3.8) is 0 Å². The number of thioether (sulfide) groups is 1. The van der Waals surface area contributed by atoms with Crippen LogP contribution in [0.4, 0.5) is 21.9 Å². The lowest BCUT2D eigenvalue weighted by Crippen LogP contribution is -2.36. The quantitative estimate of drug-likeness (QED) is 0.0477. The molecule has 3 rings (SSSR count). The average Bonchev–Trinajstić information content (AvgIpc) is 3.42. The number of benzene rings is 1. The van der Waals surface area contributed by atoms with Crippen molar-refractivity contribution in [2.75, 3.05) is 44.3 Å². The summed E-state index contributed by atoms with van der Waals surface area (Å²) < 4.78 is 0. The third kappa shape index (κ3) is 8.99. The van der Waals surface area contributed by atoms with Crippen LogP contribution in [0, 0.1) is 10.1 Å². The van der Waals surface area contributed by atoms with Gasteiger partial charge in [0.05, 0.1) is 17.0 Å². The van der Waals surface area contributed by atoms with E-state index in [4.69, 9.17) is 5.53 Å². The second kappa shape index (κ2) is 14.5. The van der Waals surface area contributed by atoms with Crippen molar-refractivity contribution < 1.29 is 14.5 Å². The highest BCUT2D eigenvalue weighted by atomic mass is 32.2. The zero-order valence-corrected chi connectivity index (χ0v) is 21.8. The number of unbranched alkanes of at least 4 members (excludes halogenated alkanes) is 1. The Morgan fingerprint density at radius 3 is 2.81 bits per heavy atom. The number of nitro benzene ring substituents is 1. The molecule has 0 spiro atoms. The summed E-state index contributed by atoms with van der Waals surface area (Å²) in [6.07, 6.45) is 4.99. The fourth-order valence-corrected chi connectivity index (χ4v) is 6.10. The van der Waals surface area contributed by atoms with Crippen molar-refractivity contribution in [3.8, 4) is 0 Å². The van der Waals surface area contributed by atoms with Crippen LogP contribution in [0.2, 0.25) is 0 Å². The van der Waals surface area contributed by atoms with Crippen LogP contribution in [0.15, 0.2) is 23.3 Å². The van der Waals surface area contributed by atoms with Gasteiger partial charge in [-0.2, -0.15) is 11.8 Å². The topological polar surface area (TPSA) is 177 Å². The maximum atomic E-state index is 12.1. The minimum absolute atomic E-state index is 0.0662. The van der Waals surface area contributed by atoms with Gasteiger partial charge in [-0.1, -0.05) is 17.6 Å². The second-order valence-corrected chi connectivity index (χ2v) is 10.6. The molecule has 0 radical (unpaired) electrons. The van der Waals surface area contributed by atoms with Gasteiger partial charge in [-0.3, -0.25) is 14.9 Å². The number of carbonyl (C=O) groups is 2. The van der Waals surface area contributed by atoms with Gasteiger partial charge in [0.15, 0.2) is 0 Å². The summed E-state index contributed by atoms with van der Waals surface area (Å²) in [5, 5.41) is 27.1. The number of fused-ring (bicyclic) bond motifs is 1. The van der Waals surface area contributed by atoms with Crippen molar-refractivity contribution in [2.24, 2.45) is 5.11 Å². The zero-order valence-electron chi connectivity index (χ0n) is 21.0. The molecule has 2 heterocycles. The minimum Gasteiger partial charge on any atom is -0.379 e. The second-order valence-electron chi connectivity index (χ2n) is 9.30. The smallest absolute Gasteiger partial charge is 0.315 e. The van der Waals surface area contributed by atoms with E-state index >= 15 is 0 Å². The molecule has 37 heavy (non-hydrogen) atoms. The summed E-state index contributed by atoms with van der Waals surface area (Å²) in [4.78, 5) is 39.1. The molecular formula is C23H35N9O4S. The molecule has 202 valence electrons. The maximum absolute atomic E-state index is 12.1. The number of hydrogen-bond donors (Lipinski definition) is 4. The van der Waals surface area contributed by atoms with E-state index < -0.39 is 4.92 Å². The Hall–Kier alpha value is -3.22. The number of rotatable bonds is 16. The first-order chi connectivity index (χ1) is 17.9. The highest BCUT2D eigenvalue weighted by Crippen LogP contribution is 2.33. The summed E-state index contributed by atoms with van der Waals surface area (Å²) in [6, 6.07) is 4.72. The molecule has 2 saturated heterocycles. The maximum Gasteiger partial charge on any atom is 0.315 e. The number of azide groups is 1. The van der Waals surface area contributed by atoms with Crippen LogP contribution in [0.5, 0.6) is 0 Å². The van der Waals surface area contributed by atoms with Gasteiger partial charge >= 0.3 is 6.03 Å². The molecule has 2 fully saturated rings. The van der Waals surface area contributed by atoms with E-state index in [9.17, 15) is 19.7 Å². The number of amides is 3. The van der Waals surface area contributed by atoms with Gasteiger partial charge < -0.3 is 26.2 Å². The Kier molecular flexibility index (Phi) is 11.1. The van der Waals surface area contributed by atoms with E-state index in [1.165, 1.54) is 12.1 Å². The molecule has 2 aliphatic heterocycles. The van der Waals surface area contributed by atoms with Crippen LogP contribution >= 0.6 is 11.8 Å². The van der Waals surface area contributed by atoms with Crippen LogP contribution in [0.3, 0.4) is 0 Å². The third-order valence-corrected chi connectivity index (χ3v) is 8.00. The SMILES string of the molecule is CN(CCCNC(=O)CCCC[C@@H]1SC[C@@H]2NC(=O)N[C@@H]21)CCCNc1ccc(N=[N+]=[N-])cc1[N+](=O)[O-]. The number of carbonyl (C=O) groups excluding carboxylic acids is 2. The molecule has 3 atom stereocenters. The molecule has 0 unspecified atom stereocenters. The molecule has 4 N–H and O–H groups in total. The molecule has 0 bridgehead atoms. The van der Waals surface area contributed by atoms with Crippen LogP contribution < -0.4 is 21.3 Å². The van der Waals surface area contributed by atoms with Crippen molar-refractivity contribution in [1.29, 1.82) is 0 Å². The van der Waals surface area contributed by atoms with E-state index in [0.717, 1.165) is 50.9 Å². The fraction of sp³-hybridized carbons (Fsp3) is 0.652. The average molecular weight is 534 g/mol. The lowest BCUT2D eigenvalue weighted by atomic mass is 10.0. The number of hydrogen-bond acceptors (Lipinski definition) is 8. The van der Waals surface area contributed by atoms with Gasteiger partial charge in [-0.05, 0) is 57.4 Å². The lowest BCUT2D eigenvalue weighted by Gasteiger charge is -2.17. The zero-order chi connectivity index (χ0) is 26.6. The molecule has 2 aliphatic rings. The first-order valence-corrected chi connectivity index (χ1v) is 13.6. The van der Waals surface area contributed by atoms with Crippen LogP contribution in [-0.4, -0.2) is 78.1 Å². The molecule has 0 aromatic heterocycles. The largest absolute Gasteiger partial charge is 0.379 e. The molecule has 3 amide bonds. The Balaban J connectivity index is 1.20. The first-order valence-electron chi connectivity index (χ1n) is 12.6. The number of anilines is 1. The summed E-state index contributed by atoms with van der Waals surface area (Å²) in [5.74, 6) is 1.03. The molecule has 1 aromatic rings. The number of nitro groups is 1. The summed E-state index contributed by atoms with van der Waals surface area (Å²) in [5.41, 5.74) is 8.95. The Morgan fingerprint density at radius 1 is 1.27 bits per heavy atom. The Morgan fingerprint density at radius 2 is 2.05 bits per heavy atom. The van der Waals surface area contributed by atoms with Crippen molar-refractivity contribution in [1.82, 2.24) is 20.9 Å². The van der Waals surface area contributed by atoms with E-state index in [1.54, 1.807) is 6.07 Å². The first kappa shape index (κ1) is 28.4. The lowest BCUT2D eigenvalue weighted by molar-refractivity contribution is -0.383. The summed E-state index contributed by atoms with van der Waals surface area (Å²) >= 11 is 1.90. The van der Waals surface area contributed by atoms with Gasteiger partial charge in [0.25, 0.3) is 5.69 Å². The minimum atomic E-state index is -0.503. The highest BCUT2D eigenvalue weighted by molar-refractivity contribution is 8.00. The van der Waals surface area contributed by atoms with Crippen LogP contribution in [-0.2, 0) is 4.79 Å². The standard InChI is InChI=1S/C23H35N9O4S/c1-31(12-4-10-25-17-9-8-16(29-30-24)14-19(17)32(35)36)13-5-11-26-21(33)7-3-2-6-20-22-18(15-37-20)27-23(34)28-22/h8-9,14,18,20,22,25H,2-7,10-13,15H2,1H3,(H,26,33)(H2,27,28,34)/t18-,20-,22-/m0/s1. The van der Waals surface area contributed by atoms with Gasteiger partial charge in [0, 0.05) is 47.2 Å². The molecule has 14 heteroatoms. The highest BCUT2D eigenvalue weighted by Gasteiger charge is 2.42. The van der Waals surface area contributed by atoms with E-state index in [1.807, 2.05) is 18.8 Å². The number of nitrogens with zero attached hydrogens (tertiary/aromatic N) is 5. The van der Waals surface area contributed by atoms with Crippen LogP contribution in [0.25, 0.3) is 10.4 Å². The van der Waals surface area contributed by atoms with Gasteiger partial charge in [0.2, 0.25) is 5.91 Å². The Bertz CT molecular complexity index is 1000. The third-order valence-electron chi connectivity index (χ3n) is 6.49. The summed E-state index contributed by atoms with van der Waals surface area (Å²) in [7, 11) is 2.01. The van der Waals surface area contributed by atoms with Gasteiger partial charge in [-0.25, -0.2) is 4.79 Å². The molecule has 0 saturated carbocycles. The molecule has 1 aromatic carbocycles. The normalized spacial score (nSPS) is 20.1. The monoisotopic (exact) mass is 533 g/mol. The summed E-state index contributed by atoms with van der Waals surface area (Å²) in [6.45, 7) is 2.84. The molecule has 13 nitrogen and oxygen atoms in total. The number of urea groups is 1. The van der Waals surface area contributed by atoms with Crippen molar-refractivity contribution >= 4 is 40.8 Å². The van der Waals surface area contributed by atoms with Gasteiger partial charge in [0.1, 0.15) is 5.69 Å². The molecular weight excluding hydrogens is 498 g/mol. The van der Waals surface area contributed by atoms with Crippen molar-refractivity contribution in [3.05, 3.63) is 38.8 Å². The van der Waals surface area contributed by atoms with Gasteiger partial charge in [-0.15, -0.1) is 0 Å². The Labute approximate surface area is 220 Å². The van der Waals surface area contributed by atoms with E-state index in [-0.39, 0.29) is 35.4 Å². The number of nitrogens with one attached hydrogen (secondary N) is 4.